The Morgan fingerprint density at radius 3 is 2.90 bits per heavy atom. The Balaban J connectivity index is 1.57. The average Bonchev–Trinajstić information content (AvgIpc) is 2.90. The van der Waals surface area contributed by atoms with E-state index in [0.29, 0.717) is 17.0 Å². The molecule has 0 radical (unpaired) electrons. The van der Waals surface area contributed by atoms with Crippen LogP contribution in [0.25, 0.3) is 5.65 Å². The molecule has 1 amide bonds. The Hall–Kier alpha value is -3.13. The van der Waals surface area contributed by atoms with E-state index in [-0.39, 0.29) is 5.69 Å². The van der Waals surface area contributed by atoms with Gasteiger partial charge in [-0.3, -0.25) is 4.79 Å². The molecule has 3 heterocycles. The van der Waals surface area contributed by atoms with Crippen LogP contribution in [0.3, 0.4) is 0 Å². The van der Waals surface area contributed by atoms with Crippen LogP contribution in [0, 0.1) is 12.7 Å². The number of methoxy groups -OCH3 is 1. The predicted octanol–water partition coefficient (Wildman–Crippen LogP) is 2.84. The van der Waals surface area contributed by atoms with Gasteiger partial charge in [0.05, 0.1) is 24.1 Å². The maximum atomic E-state index is 14.7. The minimum Gasteiger partial charge on any atom is -0.496 e. The Morgan fingerprint density at radius 2 is 2.10 bits per heavy atom. The SMILES string of the molecule is COc1cc2nc(C)cn2cc1C(=O)Nc1ccc(N2CCCNCC2)cc1F. The van der Waals surface area contributed by atoms with Gasteiger partial charge in [0.25, 0.3) is 5.91 Å². The quantitative estimate of drug-likeness (QED) is 0.709. The summed E-state index contributed by atoms with van der Waals surface area (Å²) in [5.74, 6) is -0.526. The van der Waals surface area contributed by atoms with Gasteiger partial charge in [0.2, 0.25) is 0 Å². The van der Waals surface area contributed by atoms with Crippen molar-refractivity contribution in [2.45, 2.75) is 13.3 Å². The second-order valence-electron chi connectivity index (χ2n) is 7.11. The second-order valence-corrected chi connectivity index (χ2v) is 7.11. The predicted molar refractivity (Wildman–Crippen MR) is 111 cm³/mol. The minimum atomic E-state index is -0.466. The number of aromatic nitrogens is 2. The van der Waals surface area contributed by atoms with E-state index in [4.69, 9.17) is 4.74 Å². The van der Waals surface area contributed by atoms with Crippen molar-refractivity contribution in [3.8, 4) is 5.75 Å². The fourth-order valence-electron chi connectivity index (χ4n) is 3.58. The van der Waals surface area contributed by atoms with Crippen LogP contribution in [-0.2, 0) is 0 Å². The van der Waals surface area contributed by atoms with Gasteiger partial charge in [-0.05, 0) is 38.1 Å². The molecule has 1 aliphatic rings. The number of ether oxygens (including phenoxy) is 1. The number of aryl methyl sites for hydroxylation is 1. The third kappa shape index (κ3) is 4.02. The fraction of sp³-hybridized carbons (Fsp3) is 0.333. The van der Waals surface area contributed by atoms with Crippen LogP contribution in [0.4, 0.5) is 15.8 Å². The Labute approximate surface area is 168 Å². The van der Waals surface area contributed by atoms with Crippen molar-refractivity contribution in [1.29, 1.82) is 0 Å². The molecule has 1 aliphatic heterocycles. The molecule has 152 valence electrons. The van der Waals surface area contributed by atoms with E-state index < -0.39 is 11.7 Å². The number of carbonyl (C=O) groups is 1. The van der Waals surface area contributed by atoms with E-state index in [0.717, 1.165) is 44.0 Å². The molecular weight excluding hydrogens is 373 g/mol. The lowest BCUT2D eigenvalue weighted by atomic mass is 10.2. The van der Waals surface area contributed by atoms with Gasteiger partial charge in [0.15, 0.2) is 0 Å². The van der Waals surface area contributed by atoms with Gasteiger partial charge >= 0.3 is 0 Å². The molecule has 0 atom stereocenters. The lowest BCUT2D eigenvalue weighted by Crippen LogP contribution is -2.27. The number of pyridine rings is 1. The fourth-order valence-corrected chi connectivity index (χ4v) is 3.58. The first-order valence-electron chi connectivity index (χ1n) is 9.65. The number of nitrogens with zero attached hydrogens (tertiary/aromatic N) is 3. The Bertz CT molecular complexity index is 1040. The highest BCUT2D eigenvalue weighted by atomic mass is 19.1. The van der Waals surface area contributed by atoms with Crippen LogP contribution in [0.5, 0.6) is 5.75 Å². The average molecular weight is 397 g/mol. The van der Waals surface area contributed by atoms with Crippen molar-refractivity contribution in [3.05, 3.63) is 53.7 Å². The molecule has 0 aliphatic carbocycles. The van der Waals surface area contributed by atoms with E-state index in [9.17, 15) is 9.18 Å². The summed E-state index contributed by atoms with van der Waals surface area (Å²) in [6, 6.07) is 6.60. The van der Waals surface area contributed by atoms with E-state index in [1.807, 2.05) is 19.2 Å². The molecule has 29 heavy (non-hydrogen) atoms. The summed E-state index contributed by atoms with van der Waals surface area (Å²) in [5.41, 5.74) is 2.76. The van der Waals surface area contributed by atoms with E-state index in [2.05, 4.69) is 20.5 Å². The number of nitrogens with one attached hydrogen (secondary N) is 2. The molecule has 8 heteroatoms. The number of anilines is 2. The van der Waals surface area contributed by atoms with Crippen molar-refractivity contribution in [3.63, 3.8) is 0 Å². The van der Waals surface area contributed by atoms with E-state index in [1.54, 1.807) is 22.7 Å². The van der Waals surface area contributed by atoms with Gasteiger partial charge in [-0.25, -0.2) is 9.37 Å². The number of benzene rings is 1. The molecule has 0 unspecified atom stereocenters. The summed E-state index contributed by atoms with van der Waals surface area (Å²) in [6.07, 6.45) is 4.47. The summed E-state index contributed by atoms with van der Waals surface area (Å²) in [6.45, 7) is 5.41. The van der Waals surface area contributed by atoms with Crippen LogP contribution in [0.15, 0.2) is 36.7 Å². The molecule has 1 fully saturated rings. The topological polar surface area (TPSA) is 70.9 Å². The third-order valence-corrected chi connectivity index (χ3v) is 5.05. The number of fused-ring (bicyclic) bond motifs is 1. The molecule has 2 N–H and O–H groups in total. The van der Waals surface area contributed by atoms with Crippen LogP contribution in [-0.4, -0.2) is 48.6 Å². The molecule has 1 aromatic carbocycles. The van der Waals surface area contributed by atoms with Gasteiger partial charge in [-0.15, -0.1) is 0 Å². The highest BCUT2D eigenvalue weighted by Gasteiger charge is 2.18. The zero-order valence-electron chi connectivity index (χ0n) is 16.5. The Morgan fingerprint density at radius 1 is 1.24 bits per heavy atom. The number of hydrogen-bond donors (Lipinski definition) is 2. The van der Waals surface area contributed by atoms with Crippen molar-refractivity contribution in [2.24, 2.45) is 0 Å². The number of halogens is 1. The van der Waals surface area contributed by atoms with Crippen molar-refractivity contribution < 1.29 is 13.9 Å². The molecular formula is C21H24FN5O2. The largest absolute Gasteiger partial charge is 0.496 e. The lowest BCUT2D eigenvalue weighted by molar-refractivity contribution is 0.102. The molecule has 7 nitrogen and oxygen atoms in total. The van der Waals surface area contributed by atoms with E-state index in [1.165, 1.54) is 13.2 Å². The summed E-state index contributed by atoms with van der Waals surface area (Å²) >= 11 is 0. The molecule has 2 aromatic heterocycles. The lowest BCUT2D eigenvalue weighted by Gasteiger charge is -2.22. The molecule has 3 aromatic rings. The summed E-state index contributed by atoms with van der Waals surface area (Å²) in [7, 11) is 1.49. The van der Waals surface area contributed by atoms with Crippen LogP contribution in [0.1, 0.15) is 22.5 Å². The summed E-state index contributed by atoms with van der Waals surface area (Å²) < 4.78 is 21.8. The standard InChI is InChI=1S/C21H24FN5O2/c1-14-12-27-13-16(19(29-2)11-20(27)24-14)21(28)25-18-5-4-15(10-17(18)22)26-8-3-6-23-7-9-26/h4-5,10-13,23H,3,6-9H2,1-2H3,(H,25,28). The van der Waals surface area contributed by atoms with Gasteiger partial charge in [-0.2, -0.15) is 0 Å². The minimum absolute atomic E-state index is 0.135. The molecule has 1 saturated heterocycles. The summed E-state index contributed by atoms with van der Waals surface area (Å²) in [4.78, 5) is 19.3. The molecule has 0 saturated carbocycles. The number of carbonyl (C=O) groups excluding carboxylic acids is 1. The van der Waals surface area contributed by atoms with Crippen molar-refractivity contribution in [2.75, 3.05) is 43.5 Å². The number of hydrogen-bond acceptors (Lipinski definition) is 5. The second kappa shape index (κ2) is 8.08. The van der Waals surface area contributed by atoms with Crippen LogP contribution >= 0.6 is 0 Å². The number of rotatable bonds is 4. The number of imidazole rings is 1. The highest BCUT2D eigenvalue weighted by molar-refractivity contribution is 6.06. The van der Waals surface area contributed by atoms with Gasteiger partial charge in [0, 0.05) is 43.8 Å². The zero-order valence-corrected chi connectivity index (χ0v) is 16.5. The third-order valence-electron chi connectivity index (χ3n) is 5.05. The first kappa shape index (κ1) is 19.2. The monoisotopic (exact) mass is 397 g/mol. The summed E-state index contributed by atoms with van der Waals surface area (Å²) in [5, 5.41) is 5.99. The van der Waals surface area contributed by atoms with Crippen LogP contribution in [0.2, 0.25) is 0 Å². The van der Waals surface area contributed by atoms with Gasteiger partial charge < -0.3 is 24.7 Å². The maximum Gasteiger partial charge on any atom is 0.261 e. The van der Waals surface area contributed by atoms with Gasteiger partial charge in [-0.1, -0.05) is 0 Å². The maximum absolute atomic E-state index is 14.7. The first-order valence-corrected chi connectivity index (χ1v) is 9.65. The molecule has 0 bridgehead atoms. The molecule has 4 rings (SSSR count). The Kier molecular flexibility index (Phi) is 5.35. The number of amides is 1. The van der Waals surface area contributed by atoms with Gasteiger partial charge in [0.1, 0.15) is 17.2 Å². The van der Waals surface area contributed by atoms with Crippen molar-refractivity contribution >= 4 is 22.9 Å². The smallest absolute Gasteiger partial charge is 0.261 e. The van der Waals surface area contributed by atoms with E-state index >= 15 is 0 Å². The molecule has 0 spiro atoms. The normalized spacial score (nSPS) is 14.7. The zero-order chi connectivity index (χ0) is 20.4. The first-order chi connectivity index (χ1) is 14.0. The van der Waals surface area contributed by atoms with Crippen LogP contribution < -0.4 is 20.3 Å². The highest BCUT2D eigenvalue weighted by Crippen LogP contribution is 2.26. The van der Waals surface area contributed by atoms with Crippen molar-refractivity contribution in [1.82, 2.24) is 14.7 Å².